The van der Waals surface area contributed by atoms with Gasteiger partial charge in [0.25, 0.3) is 0 Å². The molecule has 0 rings (SSSR count). The van der Waals surface area contributed by atoms with Gasteiger partial charge >= 0.3 is 0 Å². The van der Waals surface area contributed by atoms with Crippen LogP contribution < -0.4 is 0 Å². The van der Waals surface area contributed by atoms with Gasteiger partial charge < -0.3 is 19.3 Å². The van der Waals surface area contributed by atoms with Crippen LogP contribution in [0, 0.1) is 0 Å². The maximum Gasteiger partial charge on any atom is 0.0824 e. The SMILES string of the molecule is CCOC(CC(C)(C)OCC)CC(C)(C)OCC(C)(C)O. The Balaban J connectivity index is 4.60. The van der Waals surface area contributed by atoms with Crippen LogP contribution in [0.5, 0.6) is 0 Å². The Morgan fingerprint density at radius 3 is 1.67 bits per heavy atom. The van der Waals surface area contributed by atoms with Crippen molar-refractivity contribution in [1.29, 1.82) is 0 Å². The molecule has 1 unspecified atom stereocenters. The lowest BCUT2D eigenvalue weighted by atomic mass is 9.92. The van der Waals surface area contributed by atoms with Gasteiger partial charge in [-0.3, -0.25) is 0 Å². The summed E-state index contributed by atoms with van der Waals surface area (Å²) in [5, 5.41) is 9.80. The highest BCUT2D eigenvalue weighted by molar-refractivity contribution is 4.82. The smallest absolute Gasteiger partial charge is 0.0824 e. The van der Waals surface area contributed by atoms with E-state index < -0.39 is 5.60 Å². The molecule has 21 heavy (non-hydrogen) atoms. The standard InChI is InChI=1S/C17H36O4/c1-9-19-14(11-16(5,6)20-10-2)12-17(7,8)21-13-15(3,4)18/h14,18H,9-13H2,1-8H3. The van der Waals surface area contributed by atoms with Gasteiger partial charge in [-0.25, -0.2) is 0 Å². The topological polar surface area (TPSA) is 47.9 Å². The van der Waals surface area contributed by atoms with E-state index in [1.54, 1.807) is 13.8 Å². The first kappa shape index (κ1) is 20.8. The molecule has 0 fully saturated rings. The molecule has 0 bridgehead atoms. The lowest BCUT2D eigenvalue weighted by Crippen LogP contribution is -2.40. The van der Waals surface area contributed by atoms with Crippen molar-refractivity contribution in [2.45, 2.75) is 91.1 Å². The third-order valence-electron chi connectivity index (χ3n) is 3.19. The summed E-state index contributed by atoms with van der Waals surface area (Å²) in [4.78, 5) is 0. The van der Waals surface area contributed by atoms with Gasteiger partial charge in [0.2, 0.25) is 0 Å². The van der Waals surface area contributed by atoms with Crippen molar-refractivity contribution in [2.75, 3.05) is 19.8 Å². The molecular weight excluding hydrogens is 268 g/mol. The average molecular weight is 304 g/mol. The number of ether oxygens (including phenoxy) is 3. The second-order valence-electron chi connectivity index (χ2n) is 7.54. The van der Waals surface area contributed by atoms with E-state index in [1.807, 2.05) is 27.7 Å². The van der Waals surface area contributed by atoms with E-state index in [0.29, 0.717) is 19.8 Å². The van der Waals surface area contributed by atoms with E-state index in [4.69, 9.17) is 14.2 Å². The van der Waals surface area contributed by atoms with Crippen LogP contribution in [0.25, 0.3) is 0 Å². The Labute approximate surface area is 131 Å². The molecule has 0 amide bonds. The molecule has 0 heterocycles. The quantitative estimate of drug-likeness (QED) is 0.634. The molecule has 0 aliphatic heterocycles. The fourth-order valence-corrected chi connectivity index (χ4v) is 2.40. The van der Waals surface area contributed by atoms with Crippen LogP contribution in [-0.2, 0) is 14.2 Å². The van der Waals surface area contributed by atoms with Gasteiger partial charge in [0.1, 0.15) is 0 Å². The minimum absolute atomic E-state index is 0.0772. The maximum atomic E-state index is 9.80. The summed E-state index contributed by atoms with van der Waals surface area (Å²) in [6.45, 7) is 17.5. The third-order valence-corrected chi connectivity index (χ3v) is 3.19. The number of aliphatic hydroxyl groups is 1. The molecule has 4 nitrogen and oxygen atoms in total. The van der Waals surface area contributed by atoms with Gasteiger partial charge in [-0.2, -0.15) is 0 Å². The molecule has 0 aromatic carbocycles. The molecule has 0 radical (unpaired) electrons. The Kier molecular flexibility index (Phi) is 8.40. The summed E-state index contributed by atoms with van der Waals surface area (Å²) >= 11 is 0. The van der Waals surface area contributed by atoms with E-state index in [2.05, 4.69) is 13.8 Å². The van der Waals surface area contributed by atoms with Gasteiger partial charge in [0.05, 0.1) is 29.5 Å². The zero-order valence-corrected chi connectivity index (χ0v) is 15.3. The first-order chi connectivity index (χ1) is 9.41. The predicted octanol–water partition coefficient (Wildman–Crippen LogP) is 3.55. The summed E-state index contributed by atoms with van der Waals surface area (Å²) in [6.07, 6.45) is 1.67. The Morgan fingerprint density at radius 1 is 0.810 bits per heavy atom. The summed E-state index contributed by atoms with van der Waals surface area (Å²) < 4.78 is 17.5. The van der Waals surface area contributed by atoms with E-state index in [1.165, 1.54) is 0 Å². The van der Waals surface area contributed by atoms with Crippen molar-refractivity contribution in [3.05, 3.63) is 0 Å². The Bertz CT molecular complexity index is 279. The van der Waals surface area contributed by atoms with Crippen LogP contribution in [0.2, 0.25) is 0 Å². The van der Waals surface area contributed by atoms with E-state index >= 15 is 0 Å². The van der Waals surface area contributed by atoms with E-state index in [9.17, 15) is 5.11 Å². The van der Waals surface area contributed by atoms with Gasteiger partial charge in [-0.05, 0) is 55.4 Å². The fraction of sp³-hybridized carbons (Fsp3) is 1.00. The molecule has 0 aliphatic rings. The van der Waals surface area contributed by atoms with Gasteiger partial charge in [0, 0.05) is 26.1 Å². The van der Waals surface area contributed by atoms with Gasteiger partial charge in [-0.1, -0.05) is 0 Å². The average Bonchev–Trinajstić information content (AvgIpc) is 2.24. The fourth-order valence-electron chi connectivity index (χ4n) is 2.40. The normalized spacial score (nSPS) is 15.3. The highest BCUT2D eigenvalue weighted by atomic mass is 16.5. The van der Waals surface area contributed by atoms with Crippen LogP contribution in [0.15, 0.2) is 0 Å². The molecular formula is C17H36O4. The number of hydrogen-bond donors (Lipinski definition) is 1. The minimum atomic E-state index is -0.816. The molecule has 0 aromatic heterocycles. The zero-order valence-electron chi connectivity index (χ0n) is 15.3. The first-order valence-corrected chi connectivity index (χ1v) is 8.02. The number of rotatable bonds is 11. The molecule has 4 heteroatoms. The van der Waals surface area contributed by atoms with Crippen molar-refractivity contribution >= 4 is 0 Å². The molecule has 0 spiro atoms. The second kappa shape index (κ2) is 8.47. The predicted molar refractivity (Wildman–Crippen MR) is 86.7 cm³/mol. The van der Waals surface area contributed by atoms with Crippen LogP contribution in [0.3, 0.4) is 0 Å². The van der Waals surface area contributed by atoms with Crippen LogP contribution in [-0.4, -0.2) is 47.8 Å². The van der Waals surface area contributed by atoms with Crippen LogP contribution >= 0.6 is 0 Å². The van der Waals surface area contributed by atoms with Crippen LogP contribution in [0.4, 0.5) is 0 Å². The maximum absolute atomic E-state index is 9.80. The number of hydrogen-bond acceptors (Lipinski definition) is 4. The molecule has 0 aromatic rings. The van der Waals surface area contributed by atoms with Crippen molar-refractivity contribution in [3.63, 3.8) is 0 Å². The molecule has 0 saturated heterocycles. The lowest BCUT2D eigenvalue weighted by Gasteiger charge is -2.35. The Morgan fingerprint density at radius 2 is 1.29 bits per heavy atom. The second-order valence-corrected chi connectivity index (χ2v) is 7.54. The minimum Gasteiger partial charge on any atom is -0.388 e. The van der Waals surface area contributed by atoms with Crippen molar-refractivity contribution in [2.24, 2.45) is 0 Å². The molecule has 1 atom stereocenters. The Hall–Kier alpha value is -0.160. The van der Waals surface area contributed by atoms with E-state index in [-0.39, 0.29) is 17.3 Å². The summed E-state index contributed by atoms with van der Waals surface area (Å²) in [7, 11) is 0. The van der Waals surface area contributed by atoms with Crippen molar-refractivity contribution in [3.8, 4) is 0 Å². The largest absolute Gasteiger partial charge is 0.388 e. The van der Waals surface area contributed by atoms with E-state index in [0.717, 1.165) is 12.8 Å². The van der Waals surface area contributed by atoms with Crippen molar-refractivity contribution < 1.29 is 19.3 Å². The summed E-state index contributed by atoms with van der Waals surface area (Å²) in [5.74, 6) is 0. The van der Waals surface area contributed by atoms with Crippen molar-refractivity contribution in [1.82, 2.24) is 0 Å². The summed E-state index contributed by atoms with van der Waals surface area (Å²) in [6, 6.07) is 0. The van der Waals surface area contributed by atoms with Gasteiger partial charge in [0.15, 0.2) is 0 Å². The lowest BCUT2D eigenvalue weighted by molar-refractivity contribution is -0.123. The zero-order chi connectivity index (χ0) is 16.7. The molecule has 0 saturated carbocycles. The van der Waals surface area contributed by atoms with Gasteiger partial charge in [-0.15, -0.1) is 0 Å². The first-order valence-electron chi connectivity index (χ1n) is 8.02. The highest BCUT2D eigenvalue weighted by Gasteiger charge is 2.31. The summed E-state index contributed by atoms with van der Waals surface area (Å²) in [5.41, 5.74) is -1.37. The highest BCUT2D eigenvalue weighted by Crippen LogP contribution is 2.27. The third kappa shape index (κ3) is 11.1. The van der Waals surface area contributed by atoms with Crippen LogP contribution in [0.1, 0.15) is 68.2 Å². The molecule has 0 aliphatic carbocycles. The molecule has 1 N–H and O–H groups in total. The monoisotopic (exact) mass is 304 g/mol. The molecule has 128 valence electrons.